The van der Waals surface area contributed by atoms with Crippen LogP contribution in [0.3, 0.4) is 0 Å². The number of amides is 1. The maximum atomic E-state index is 13.0. The molecule has 0 aromatic carbocycles. The number of fused-ring (bicyclic) bond motifs is 1. The molecule has 2 aromatic rings. The molecule has 1 amide bonds. The molecule has 1 saturated heterocycles. The zero-order valence-electron chi connectivity index (χ0n) is 15.5. The molecule has 134 valence electrons. The zero-order valence-corrected chi connectivity index (χ0v) is 15.5. The molecular weight excluding hydrogens is 314 g/mol. The summed E-state index contributed by atoms with van der Waals surface area (Å²) in [6, 6.07) is 2.04. The maximum absolute atomic E-state index is 13.0. The lowest BCUT2D eigenvalue weighted by molar-refractivity contribution is 0.0709. The minimum Gasteiger partial charge on any atom is -0.349 e. The highest BCUT2D eigenvalue weighted by atomic mass is 16.2. The summed E-state index contributed by atoms with van der Waals surface area (Å²) in [7, 11) is 0. The third kappa shape index (κ3) is 2.68. The third-order valence-corrected chi connectivity index (χ3v) is 5.91. The second-order valence-electron chi connectivity index (χ2n) is 7.33. The van der Waals surface area contributed by atoms with Gasteiger partial charge in [-0.25, -0.2) is 0 Å². The monoisotopic (exact) mass is 341 g/mol. The summed E-state index contributed by atoms with van der Waals surface area (Å²) in [5.41, 5.74) is 3.11. The lowest BCUT2D eigenvalue weighted by Crippen LogP contribution is -2.38. The van der Waals surface area contributed by atoms with Crippen molar-refractivity contribution < 1.29 is 4.79 Å². The summed E-state index contributed by atoms with van der Waals surface area (Å²) >= 11 is 0. The van der Waals surface area contributed by atoms with Gasteiger partial charge in [-0.05, 0) is 46.1 Å². The van der Waals surface area contributed by atoms with Gasteiger partial charge in [0.05, 0.1) is 5.56 Å². The molecule has 4 heterocycles. The topological polar surface area (TPSA) is 56.0 Å². The molecular formula is C19H27N5O. The van der Waals surface area contributed by atoms with E-state index in [-0.39, 0.29) is 5.91 Å². The van der Waals surface area contributed by atoms with Crippen LogP contribution in [0.4, 0.5) is 0 Å². The second kappa shape index (κ2) is 6.32. The van der Waals surface area contributed by atoms with Crippen molar-refractivity contribution in [3.8, 4) is 0 Å². The summed E-state index contributed by atoms with van der Waals surface area (Å²) in [6.07, 6.45) is 4.20. The fourth-order valence-electron chi connectivity index (χ4n) is 4.49. The highest BCUT2D eigenvalue weighted by Crippen LogP contribution is 2.30. The SMILES string of the molecule is CCn1c(C)cc(C(=O)N2CCC(c3nnc4n3CCC4)CC2)c1C. The van der Waals surface area contributed by atoms with Crippen molar-refractivity contribution in [1.29, 1.82) is 0 Å². The Bertz CT molecular complexity index is 795. The Kier molecular flexibility index (Phi) is 4.13. The van der Waals surface area contributed by atoms with Crippen molar-refractivity contribution in [2.45, 2.75) is 65.5 Å². The Morgan fingerprint density at radius 2 is 1.96 bits per heavy atom. The minimum atomic E-state index is 0.178. The van der Waals surface area contributed by atoms with Gasteiger partial charge in [0.15, 0.2) is 0 Å². The molecule has 0 atom stereocenters. The van der Waals surface area contributed by atoms with E-state index in [1.165, 1.54) is 6.42 Å². The Balaban J connectivity index is 1.46. The van der Waals surface area contributed by atoms with Crippen molar-refractivity contribution in [1.82, 2.24) is 24.2 Å². The molecule has 2 aliphatic heterocycles. The van der Waals surface area contributed by atoms with Gasteiger partial charge in [0.1, 0.15) is 11.6 Å². The molecule has 1 fully saturated rings. The van der Waals surface area contributed by atoms with Gasteiger partial charge in [0.25, 0.3) is 5.91 Å². The number of nitrogens with zero attached hydrogens (tertiary/aromatic N) is 5. The number of hydrogen-bond acceptors (Lipinski definition) is 3. The maximum Gasteiger partial charge on any atom is 0.255 e. The molecule has 6 nitrogen and oxygen atoms in total. The largest absolute Gasteiger partial charge is 0.349 e. The van der Waals surface area contributed by atoms with Crippen LogP contribution in [0.25, 0.3) is 0 Å². The molecule has 0 bridgehead atoms. The van der Waals surface area contributed by atoms with Crippen molar-refractivity contribution in [2.24, 2.45) is 0 Å². The molecule has 6 heteroatoms. The van der Waals surface area contributed by atoms with E-state index in [1.807, 2.05) is 11.0 Å². The van der Waals surface area contributed by atoms with Crippen molar-refractivity contribution in [3.63, 3.8) is 0 Å². The van der Waals surface area contributed by atoms with Gasteiger partial charge >= 0.3 is 0 Å². The van der Waals surface area contributed by atoms with Crippen LogP contribution in [0, 0.1) is 13.8 Å². The smallest absolute Gasteiger partial charge is 0.255 e. The van der Waals surface area contributed by atoms with E-state index in [9.17, 15) is 4.79 Å². The summed E-state index contributed by atoms with van der Waals surface area (Å²) in [5.74, 6) is 2.90. The quantitative estimate of drug-likeness (QED) is 0.862. The van der Waals surface area contributed by atoms with E-state index >= 15 is 0 Å². The summed E-state index contributed by atoms with van der Waals surface area (Å²) in [5, 5.41) is 8.77. The van der Waals surface area contributed by atoms with E-state index < -0.39 is 0 Å². The van der Waals surface area contributed by atoms with Gasteiger partial charge in [0, 0.05) is 49.9 Å². The van der Waals surface area contributed by atoms with E-state index in [4.69, 9.17) is 0 Å². The van der Waals surface area contributed by atoms with E-state index in [2.05, 4.69) is 40.1 Å². The first-order chi connectivity index (χ1) is 12.1. The number of aryl methyl sites for hydroxylation is 2. The van der Waals surface area contributed by atoms with E-state index in [1.54, 1.807) is 0 Å². The molecule has 0 saturated carbocycles. The van der Waals surface area contributed by atoms with E-state index in [0.29, 0.717) is 5.92 Å². The molecule has 2 aromatic heterocycles. The molecule has 0 aliphatic carbocycles. The van der Waals surface area contributed by atoms with Crippen molar-refractivity contribution >= 4 is 5.91 Å². The number of aromatic nitrogens is 4. The van der Waals surface area contributed by atoms with Crippen LogP contribution in [0.1, 0.15) is 65.5 Å². The molecule has 0 unspecified atom stereocenters. The second-order valence-corrected chi connectivity index (χ2v) is 7.33. The highest BCUT2D eigenvalue weighted by Gasteiger charge is 2.30. The number of hydrogen-bond donors (Lipinski definition) is 0. The number of carbonyl (C=O) groups is 1. The van der Waals surface area contributed by atoms with Crippen molar-refractivity contribution in [3.05, 3.63) is 34.7 Å². The van der Waals surface area contributed by atoms with E-state index in [0.717, 1.165) is 74.0 Å². The van der Waals surface area contributed by atoms with Gasteiger partial charge in [0.2, 0.25) is 0 Å². The summed E-state index contributed by atoms with van der Waals surface area (Å²) in [6.45, 7) is 9.83. The van der Waals surface area contributed by atoms with Gasteiger partial charge in [-0.15, -0.1) is 10.2 Å². The van der Waals surface area contributed by atoms with Crippen LogP contribution >= 0.6 is 0 Å². The standard InChI is InChI=1S/C19H27N5O/c1-4-23-13(2)12-16(14(23)3)19(25)22-10-7-15(8-11-22)18-21-20-17-6-5-9-24(17)18/h12,15H,4-11H2,1-3H3. The van der Waals surface area contributed by atoms with Crippen LogP contribution in [0.15, 0.2) is 6.07 Å². The Hall–Kier alpha value is -2.11. The fraction of sp³-hybridized carbons (Fsp3) is 0.632. The van der Waals surface area contributed by atoms with Gasteiger partial charge in [-0.3, -0.25) is 4.79 Å². The van der Waals surface area contributed by atoms with Crippen LogP contribution in [0.2, 0.25) is 0 Å². The first-order valence-electron chi connectivity index (χ1n) is 9.48. The first-order valence-corrected chi connectivity index (χ1v) is 9.48. The number of likely N-dealkylation sites (tertiary alicyclic amines) is 1. The molecule has 0 radical (unpaired) electrons. The Morgan fingerprint density at radius 1 is 1.20 bits per heavy atom. The fourth-order valence-corrected chi connectivity index (χ4v) is 4.49. The average molecular weight is 341 g/mol. The molecule has 2 aliphatic rings. The average Bonchev–Trinajstić information content (AvgIpc) is 3.29. The molecule has 0 spiro atoms. The molecule has 0 N–H and O–H groups in total. The van der Waals surface area contributed by atoms with Gasteiger partial charge in [-0.2, -0.15) is 0 Å². The Morgan fingerprint density at radius 3 is 2.64 bits per heavy atom. The summed E-state index contributed by atoms with van der Waals surface area (Å²) < 4.78 is 4.51. The number of rotatable bonds is 3. The summed E-state index contributed by atoms with van der Waals surface area (Å²) in [4.78, 5) is 15.0. The predicted octanol–water partition coefficient (Wildman–Crippen LogP) is 2.68. The van der Waals surface area contributed by atoms with Crippen molar-refractivity contribution in [2.75, 3.05) is 13.1 Å². The molecule has 25 heavy (non-hydrogen) atoms. The third-order valence-electron chi connectivity index (χ3n) is 5.91. The lowest BCUT2D eigenvalue weighted by Gasteiger charge is -2.31. The Labute approximate surface area is 148 Å². The van der Waals surface area contributed by atoms with Gasteiger partial charge in [-0.1, -0.05) is 0 Å². The minimum absolute atomic E-state index is 0.178. The zero-order chi connectivity index (χ0) is 17.6. The van der Waals surface area contributed by atoms with Crippen LogP contribution < -0.4 is 0 Å². The van der Waals surface area contributed by atoms with Crippen LogP contribution in [0.5, 0.6) is 0 Å². The number of carbonyl (C=O) groups excluding carboxylic acids is 1. The predicted molar refractivity (Wildman–Crippen MR) is 95.8 cm³/mol. The van der Waals surface area contributed by atoms with Crippen LogP contribution in [-0.4, -0.2) is 43.2 Å². The van der Waals surface area contributed by atoms with Crippen LogP contribution in [-0.2, 0) is 19.5 Å². The molecule has 4 rings (SSSR count). The number of piperidine rings is 1. The first kappa shape index (κ1) is 16.4. The highest BCUT2D eigenvalue weighted by molar-refractivity contribution is 5.95. The lowest BCUT2D eigenvalue weighted by atomic mass is 9.95. The normalized spacial score (nSPS) is 18.0. The van der Waals surface area contributed by atoms with Gasteiger partial charge < -0.3 is 14.0 Å².